The number of carbonyl (C=O) groups is 2. The molecule has 0 unspecified atom stereocenters. The number of fused-ring (bicyclic) bond motifs is 3. The van der Waals surface area contributed by atoms with Crippen LogP contribution in [0.25, 0.3) is 11.0 Å². The van der Waals surface area contributed by atoms with Crippen LogP contribution >= 0.6 is 0 Å². The minimum absolute atomic E-state index is 0.115. The topological polar surface area (TPSA) is 123 Å². The number of aryl methyl sites for hydroxylation is 1. The Hall–Kier alpha value is -3.03. The van der Waals surface area contributed by atoms with Crippen molar-refractivity contribution in [2.45, 2.75) is 51.7 Å². The Labute approximate surface area is 154 Å². The van der Waals surface area contributed by atoms with Gasteiger partial charge in [-0.05, 0) is 45.1 Å². The van der Waals surface area contributed by atoms with Crippen molar-refractivity contribution in [2.24, 2.45) is 0 Å². The van der Waals surface area contributed by atoms with Gasteiger partial charge in [0.05, 0.1) is 5.39 Å². The lowest BCUT2D eigenvalue weighted by Crippen LogP contribution is -2.24. The third kappa shape index (κ3) is 3.74. The number of ether oxygens (including phenoxy) is 2. The summed E-state index contributed by atoms with van der Waals surface area (Å²) in [6, 6.07) is 2.87. The first-order chi connectivity index (χ1) is 12.8. The van der Waals surface area contributed by atoms with Gasteiger partial charge >= 0.3 is 17.6 Å². The molecule has 1 heterocycles. The lowest BCUT2D eigenvalue weighted by molar-refractivity contribution is -0.144. The van der Waals surface area contributed by atoms with Crippen molar-refractivity contribution in [1.82, 2.24) is 0 Å². The SMILES string of the molecule is C[C@H](Oc1cc(O[C@@H](C)C(=O)O)c2c3c(c(=O)oc2c1)CCCC3)C(=O)O. The monoisotopic (exact) mass is 376 g/mol. The summed E-state index contributed by atoms with van der Waals surface area (Å²) in [7, 11) is 0. The highest BCUT2D eigenvalue weighted by Crippen LogP contribution is 2.37. The van der Waals surface area contributed by atoms with E-state index in [9.17, 15) is 19.5 Å². The van der Waals surface area contributed by atoms with Gasteiger partial charge < -0.3 is 24.1 Å². The van der Waals surface area contributed by atoms with Crippen molar-refractivity contribution in [2.75, 3.05) is 0 Å². The van der Waals surface area contributed by atoms with Gasteiger partial charge in [-0.1, -0.05) is 0 Å². The van der Waals surface area contributed by atoms with Crippen molar-refractivity contribution in [3.63, 3.8) is 0 Å². The molecular formula is C19H20O8. The molecule has 144 valence electrons. The Morgan fingerprint density at radius 1 is 1.00 bits per heavy atom. The van der Waals surface area contributed by atoms with Gasteiger partial charge in [0.2, 0.25) is 0 Å². The highest BCUT2D eigenvalue weighted by atomic mass is 16.5. The molecule has 2 N–H and O–H groups in total. The number of benzene rings is 1. The van der Waals surface area contributed by atoms with Crippen LogP contribution in [0.4, 0.5) is 0 Å². The molecule has 0 aliphatic heterocycles. The van der Waals surface area contributed by atoms with E-state index < -0.39 is 29.8 Å². The van der Waals surface area contributed by atoms with Gasteiger partial charge in [0.15, 0.2) is 12.2 Å². The maximum atomic E-state index is 12.3. The summed E-state index contributed by atoms with van der Waals surface area (Å²) < 4.78 is 16.4. The van der Waals surface area contributed by atoms with Crippen LogP contribution in [0, 0.1) is 0 Å². The molecule has 27 heavy (non-hydrogen) atoms. The molecule has 0 radical (unpaired) electrons. The summed E-state index contributed by atoms with van der Waals surface area (Å²) >= 11 is 0. The van der Waals surface area contributed by atoms with E-state index in [0.717, 1.165) is 18.4 Å². The first-order valence-electron chi connectivity index (χ1n) is 8.69. The van der Waals surface area contributed by atoms with E-state index in [2.05, 4.69) is 0 Å². The molecule has 1 aromatic heterocycles. The molecule has 0 spiro atoms. The van der Waals surface area contributed by atoms with Crippen molar-refractivity contribution in [3.05, 3.63) is 33.7 Å². The zero-order chi connectivity index (χ0) is 19.7. The van der Waals surface area contributed by atoms with Crippen molar-refractivity contribution in [1.29, 1.82) is 0 Å². The number of carboxylic acid groups (broad SMARTS) is 2. The average molecular weight is 376 g/mol. The molecule has 3 rings (SSSR count). The zero-order valence-corrected chi connectivity index (χ0v) is 15.0. The second kappa shape index (κ2) is 7.30. The smallest absolute Gasteiger partial charge is 0.344 e. The number of rotatable bonds is 6. The number of carboxylic acids is 2. The molecule has 1 aromatic carbocycles. The van der Waals surface area contributed by atoms with E-state index in [1.54, 1.807) is 0 Å². The number of hydrogen-bond donors (Lipinski definition) is 2. The van der Waals surface area contributed by atoms with Gasteiger partial charge in [0.25, 0.3) is 0 Å². The highest BCUT2D eigenvalue weighted by molar-refractivity contribution is 5.90. The van der Waals surface area contributed by atoms with Gasteiger partial charge in [-0.15, -0.1) is 0 Å². The van der Waals surface area contributed by atoms with Crippen LogP contribution in [0.15, 0.2) is 21.3 Å². The fourth-order valence-corrected chi connectivity index (χ4v) is 3.17. The third-order valence-electron chi connectivity index (χ3n) is 4.57. The lowest BCUT2D eigenvalue weighted by atomic mass is 9.90. The van der Waals surface area contributed by atoms with E-state index in [-0.39, 0.29) is 17.1 Å². The predicted octanol–water partition coefficient (Wildman–Crippen LogP) is 2.38. The van der Waals surface area contributed by atoms with Crippen LogP contribution in [-0.4, -0.2) is 34.4 Å². The van der Waals surface area contributed by atoms with Crippen LogP contribution in [0.5, 0.6) is 11.5 Å². The fourth-order valence-electron chi connectivity index (χ4n) is 3.17. The molecule has 0 amide bonds. The normalized spacial score (nSPS) is 15.6. The van der Waals surface area contributed by atoms with Crippen LogP contribution in [0.2, 0.25) is 0 Å². The molecular weight excluding hydrogens is 356 g/mol. The zero-order valence-electron chi connectivity index (χ0n) is 15.0. The Balaban J connectivity index is 2.20. The molecule has 0 saturated heterocycles. The molecule has 8 nitrogen and oxygen atoms in total. The Morgan fingerprint density at radius 3 is 2.22 bits per heavy atom. The van der Waals surface area contributed by atoms with Crippen LogP contribution < -0.4 is 15.1 Å². The molecule has 1 aliphatic rings. The first kappa shape index (κ1) is 18.8. The van der Waals surface area contributed by atoms with Gasteiger partial charge in [0, 0.05) is 17.7 Å². The van der Waals surface area contributed by atoms with Crippen molar-refractivity contribution >= 4 is 22.9 Å². The molecule has 2 atom stereocenters. The van der Waals surface area contributed by atoms with Gasteiger partial charge in [-0.2, -0.15) is 0 Å². The first-order valence-corrected chi connectivity index (χ1v) is 8.69. The second-order valence-electron chi connectivity index (χ2n) is 6.54. The van der Waals surface area contributed by atoms with Gasteiger partial charge in [-0.3, -0.25) is 0 Å². The summed E-state index contributed by atoms with van der Waals surface area (Å²) in [5, 5.41) is 18.8. The van der Waals surface area contributed by atoms with E-state index >= 15 is 0 Å². The van der Waals surface area contributed by atoms with Crippen LogP contribution in [0.3, 0.4) is 0 Å². The van der Waals surface area contributed by atoms with Gasteiger partial charge in [-0.25, -0.2) is 14.4 Å². The van der Waals surface area contributed by atoms with Crippen LogP contribution in [-0.2, 0) is 22.4 Å². The Morgan fingerprint density at radius 2 is 1.59 bits per heavy atom. The lowest BCUT2D eigenvalue weighted by Gasteiger charge is -2.20. The summed E-state index contributed by atoms with van der Waals surface area (Å²) in [5.74, 6) is -2.01. The summed E-state index contributed by atoms with van der Waals surface area (Å²) in [5.41, 5.74) is 1.10. The van der Waals surface area contributed by atoms with Gasteiger partial charge in [0.1, 0.15) is 17.1 Å². The minimum atomic E-state index is -1.16. The third-order valence-corrected chi connectivity index (χ3v) is 4.57. The average Bonchev–Trinajstić information content (AvgIpc) is 2.61. The maximum Gasteiger partial charge on any atom is 0.344 e. The second-order valence-corrected chi connectivity index (χ2v) is 6.54. The maximum absolute atomic E-state index is 12.3. The number of aliphatic carboxylic acids is 2. The number of hydrogen-bond acceptors (Lipinski definition) is 6. The van der Waals surface area contributed by atoms with E-state index in [1.165, 1.54) is 26.0 Å². The van der Waals surface area contributed by atoms with Crippen LogP contribution in [0.1, 0.15) is 37.8 Å². The summed E-state index contributed by atoms with van der Waals surface area (Å²) in [6.07, 6.45) is 0.732. The van der Waals surface area contributed by atoms with Crippen molar-refractivity contribution in [3.8, 4) is 11.5 Å². The van der Waals surface area contributed by atoms with E-state index in [4.69, 9.17) is 19.0 Å². The fraction of sp³-hybridized carbons (Fsp3) is 0.421. The molecule has 1 aliphatic carbocycles. The summed E-state index contributed by atoms with van der Waals surface area (Å²) in [4.78, 5) is 34.6. The molecule has 0 fully saturated rings. The molecule has 0 saturated carbocycles. The highest BCUT2D eigenvalue weighted by Gasteiger charge is 2.24. The molecule has 0 bridgehead atoms. The Kier molecular flexibility index (Phi) is 5.07. The van der Waals surface area contributed by atoms with E-state index in [0.29, 0.717) is 23.8 Å². The summed E-state index contributed by atoms with van der Waals surface area (Å²) in [6.45, 7) is 2.74. The molecule has 8 heteroatoms. The predicted molar refractivity (Wildman–Crippen MR) is 94.6 cm³/mol. The standard InChI is InChI=1S/C19H20O8/c1-9(17(20)21)25-11-7-14(26-10(2)18(22)23)16-12-5-3-4-6-13(12)19(24)27-15(16)8-11/h7-10H,3-6H2,1-2H3,(H,20,21)(H,22,23)/t9-,10-/m0/s1. The minimum Gasteiger partial charge on any atom is -0.479 e. The Bertz CT molecular complexity index is 958. The quantitative estimate of drug-likeness (QED) is 0.737. The largest absolute Gasteiger partial charge is 0.479 e. The van der Waals surface area contributed by atoms with E-state index in [1.807, 2.05) is 0 Å². The van der Waals surface area contributed by atoms with Crippen molar-refractivity contribution < 1.29 is 33.7 Å². The molecule has 2 aromatic rings.